The van der Waals surface area contributed by atoms with Crippen LogP contribution in [0.2, 0.25) is 0 Å². The van der Waals surface area contributed by atoms with Crippen LogP contribution in [0.1, 0.15) is 15.9 Å². The minimum Gasteiger partial charge on any atom is -0.337 e. The minimum absolute atomic E-state index is 0. The van der Waals surface area contributed by atoms with Crippen molar-refractivity contribution in [3.8, 4) is 0 Å². The van der Waals surface area contributed by atoms with E-state index in [2.05, 4.69) is 15.4 Å². The Bertz CT molecular complexity index is 338. The molecule has 0 heterocycles. The Morgan fingerprint density at radius 2 is 2.07 bits per heavy atom. The molecule has 0 saturated carbocycles. The lowest BCUT2D eigenvalue weighted by molar-refractivity contribution is 0.0395. The molecule has 0 aromatic heterocycles. The molecule has 0 aliphatic heterocycles. The zero-order valence-electron chi connectivity index (χ0n) is 8.14. The van der Waals surface area contributed by atoms with Crippen molar-refractivity contribution >= 4 is 24.7 Å². The SMILES string of the molecule is Cc1ccc(C(=O)ONC=NN)cc1.Cl. The predicted octanol–water partition coefficient (Wildman–Crippen LogP) is 0.980. The van der Waals surface area contributed by atoms with Crippen LogP contribution in [-0.4, -0.2) is 12.3 Å². The first-order valence-electron chi connectivity index (χ1n) is 3.99. The summed E-state index contributed by atoms with van der Waals surface area (Å²) in [6.07, 6.45) is 1.08. The highest BCUT2D eigenvalue weighted by molar-refractivity contribution is 5.89. The molecule has 0 bridgehead atoms. The molecule has 0 unspecified atom stereocenters. The van der Waals surface area contributed by atoms with Crippen molar-refractivity contribution in [1.29, 1.82) is 0 Å². The molecule has 82 valence electrons. The Kier molecular flexibility index (Phi) is 5.89. The van der Waals surface area contributed by atoms with Crippen LogP contribution in [0.5, 0.6) is 0 Å². The van der Waals surface area contributed by atoms with Gasteiger partial charge < -0.3 is 10.7 Å². The average molecular weight is 230 g/mol. The van der Waals surface area contributed by atoms with E-state index in [1.54, 1.807) is 12.1 Å². The van der Waals surface area contributed by atoms with Crippen molar-refractivity contribution in [2.75, 3.05) is 0 Å². The summed E-state index contributed by atoms with van der Waals surface area (Å²) in [6, 6.07) is 7.01. The Labute approximate surface area is 93.7 Å². The van der Waals surface area contributed by atoms with Crippen LogP contribution in [0.4, 0.5) is 0 Å². The third-order valence-electron chi connectivity index (χ3n) is 1.57. The number of carbonyl (C=O) groups excluding carboxylic acids is 1. The van der Waals surface area contributed by atoms with E-state index in [9.17, 15) is 4.79 Å². The summed E-state index contributed by atoms with van der Waals surface area (Å²) in [4.78, 5) is 15.8. The van der Waals surface area contributed by atoms with Gasteiger partial charge in [-0.1, -0.05) is 17.7 Å². The van der Waals surface area contributed by atoms with Gasteiger partial charge in [-0.15, -0.1) is 12.4 Å². The van der Waals surface area contributed by atoms with Crippen LogP contribution in [-0.2, 0) is 4.84 Å². The number of rotatable bonds is 3. The number of halogens is 1. The molecule has 0 spiro atoms. The van der Waals surface area contributed by atoms with E-state index in [1.165, 1.54) is 0 Å². The number of carbonyl (C=O) groups is 1. The number of nitrogens with two attached hydrogens (primary N) is 1. The molecule has 0 amide bonds. The Morgan fingerprint density at radius 1 is 1.47 bits per heavy atom. The van der Waals surface area contributed by atoms with Gasteiger partial charge in [0.2, 0.25) is 0 Å². The molecule has 1 aromatic rings. The topological polar surface area (TPSA) is 76.7 Å². The van der Waals surface area contributed by atoms with E-state index >= 15 is 0 Å². The molecule has 0 aliphatic carbocycles. The van der Waals surface area contributed by atoms with Gasteiger partial charge in [0.15, 0.2) is 0 Å². The van der Waals surface area contributed by atoms with Crippen LogP contribution in [0.25, 0.3) is 0 Å². The number of aryl methyl sites for hydroxylation is 1. The zero-order chi connectivity index (χ0) is 10.4. The normalized spacial score (nSPS) is 9.40. The van der Waals surface area contributed by atoms with Crippen molar-refractivity contribution in [3.63, 3.8) is 0 Å². The van der Waals surface area contributed by atoms with Crippen LogP contribution in [0.15, 0.2) is 29.4 Å². The number of hydrazone groups is 1. The van der Waals surface area contributed by atoms with Crippen LogP contribution >= 0.6 is 12.4 Å². The summed E-state index contributed by atoms with van der Waals surface area (Å²) in [6.45, 7) is 1.94. The van der Waals surface area contributed by atoms with E-state index in [0.29, 0.717) is 5.56 Å². The van der Waals surface area contributed by atoms with Crippen molar-refractivity contribution in [2.45, 2.75) is 6.92 Å². The van der Waals surface area contributed by atoms with E-state index in [-0.39, 0.29) is 12.4 Å². The first kappa shape index (κ1) is 13.2. The van der Waals surface area contributed by atoms with Gasteiger partial charge in [0.05, 0.1) is 5.56 Å². The maximum atomic E-state index is 11.2. The summed E-state index contributed by atoms with van der Waals surface area (Å²) in [5, 5.41) is 3.10. The van der Waals surface area contributed by atoms with E-state index in [1.807, 2.05) is 19.1 Å². The molecule has 1 aromatic carbocycles. The highest BCUT2D eigenvalue weighted by Gasteiger charge is 2.05. The highest BCUT2D eigenvalue weighted by atomic mass is 35.5. The first-order valence-corrected chi connectivity index (χ1v) is 3.99. The van der Waals surface area contributed by atoms with Crippen LogP contribution in [0.3, 0.4) is 0 Å². The fourth-order valence-electron chi connectivity index (χ4n) is 0.859. The zero-order valence-corrected chi connectivity index (χ0v) is 8.95. The summed E-state index contributed by atoms with van der Waals surface area (Å²) >= 11 is 0. The van der Waals surface area contributed by atoms with Gasteiger partial charge in [-0.05, 0) is 19.1 Å². The Morgan fingerprint density at radius 3 is 2.60 bits per heavy atom. The summed E-state index contributed by atoms with van der Waals surface area (Å²) in [5.41, 5.74) is 3.73. The number of hydrogen-bond acceptors (Lipinski definition) is 4. The van der Waals surface area contributed by atoms with Gasteiger partial charge in [-0.2, -0.15) is 5.10 Å². The second-order valence-electron chi connectivity index (χ2n) is 2.65. The van der Waals surface area contributed by atoms with Crippen molar-refractivity contribution in [2.24, 2.45) is 10.9 Å². The fourth-order valence-corrected chi connectivity index (χ4v) is 0.859. The standard InChI is InChI=1S/C9H11N3O2.ClH/c1-7-2-4-8(5-3-7)9(13)14-12-6-11-10;/h2-6H,10H2,1H3,(H,11,12);1H. The lowest BCUT2D eigenvalue weighted by Gasteiger charge is -2.01. The maximum Gasteiger partial charge on any atom is 0.362 e. The van der Waals surface area contributed by atoms with Crippen LogP contribution in [0, 0.1) is 6.92 Å². The molecular weight excluding hydrogens is 218 g/mol. The molecule has 15 heavy (non-hydrogen) atoms. The van der Waals surface area contributed by atoms with Gasteiger partial charge in [0, 0.05) is 0 Å². The predicted molar refractivity (Wildman–Crippen MR) is 59.7 cm³/mol. The van der Waals surface area contributed by atoms with E-state index in [0.717, 1.165) is 11.9 Å². The van der Waals surface area contributed by atoms with Crippen molar-refractivity contribution in [1.82, 2.24) is 5.48 Å². The highest BCUT2D eigenvalue weighted by Crippen LogP contribution is 2.03. The molecule has 5 nitrogen and oxygen atoms in total. The summed E-state index contributed by atoms with van der Waals surface area (Å²) in [5.74, 6) is 4.31. The van der Waals surface area contributed by atoms with Crippen LogP contribution < -0.4 is 11.3 Å². The third kappa shape index (κ3) is 4.33. The molecule has 0 aliphatic rings. The largest absolute Gasteiger partial charge is 0.362 e. The average Bonchev–Trinajstić information content (AvgIpc) is 2.19. The third-order valence-corrected chi connectivity index (χ3v) is 1.57. The van der Waals surface area contributed by atoms with Gasteiger partial charge >= 0.3 is 5.97 Å². The monoisotopic (exact) mass is 229 g/mol. The Hall–Kier alpha value is -1.75. The summed E-state index contributed by atoms with van der Waals surface area (Å²) in [7, 11) is 0. The fraction of sp³-hybridized carbons (Fsp3) is 0.111. The molecule has 0 atom stereocenters. The van der Waals surface area contributed by atoms with Crippen molar-refractivity contribution < 1.29 is 9.63 Å². The second kappa shape index (κ2) is 6.67. The lowest BCUT2D eigenvalue weighted by Crippen LogP contribution is -2.18. The smallest absolute Gasteiger partial charge is 0.337 e. The number of benzene rings is 1. The van der Waals surface area contributed by atoms with Gasteiger partial charge in [0.1, 0.15) is 6.34 Å². The molecule has 6 heteroatoms. The molecule has 1 rings (SSSR count). The van der Waals surface area contributed by atoms with Gasteiger partial charge in [-0.3, -0.25) is 0 Å². The Balaban J connectivity index is 0.00000196. The minimum atomic E-state index is -0.482. The number of hydrogen-bond donors (Lipinski definition) is 2. The lowest BCUT2D eigenvalue weighted by atomic mass is 10.2. The molecule has 3 N–H and O–H groups in total. The molecule has 0 saturated heterocycles. The van der Waals surface area contributed by atoms with E-state index < -0.39 is 5.97 Å². The number of nitrogens with zero attached hydrogens (tertiary/aromatic N) is 1. The first-order chi connectivity index (χ1) is 6.74. The quantitative estimate of drug-likeness (QED) is 0.351. The number of nitrogens with one attached hydrogen (secondary N) is 1. The van der Waals surface area contributed by atoms with Gasteiger partial charge in [-0.25, -0.2) is 10.3 Å². The van der Waals surface area contributed by atoms with Crippen molar-refractivity contribution in [3.05, 3.63) is 35.4 Å². The van der Waals surface area contributed by atoms with E-state index in [4.69, 9.17) is 5.84 Å². The second-order valence-corrected chi connectivity index (χ2v) is 2.65. The maximum absolute atomic E-state index is 11.2. The van der Waals surface area contributed by atoms with Gasteiger partial charge in [0.25, 0.3) is 0 Å². The number of hydroxylamine groups is 1. The molecule has 0 fully saturated rings. The molecular formula is C9H12ClN3O2. The molecule has 0 radical (unpaired) electrons. The summed E-state index contributed by atoms with van der Waals surface area (Å²) < 4.78 is 0.